The highest BCUT2D eigenvalue weighted by Gasteiger charge is 2.23. The second-order valence-electron chi connectivity index (χ2n) is 15.2. The summed E-state index contributed by atoms with van der Waals surface area (Å²) in [6.07, 6.45) is 21.7. The van der Waals surface area contributed by atoms with Crippen molar-refractivity contribution in [2.75, 3.05) is 40.3 Å². The highest BCUT2D eigenvalue weighted by molar-refractivity contribution is 8.76. The number of hydrogen-bond acceptors (Lipinski definition) is 2. The van der Waals surface area contributed by atoms with E-state index in [0.717, 1.165) is 13.1 Å². The van der Waals surface area contributed by atoms with Gasteiger partial charge in [0.1, 0.15) is 13.1 Å². The monoisotopic (exact) mass is 671 g/mol. The van der Waals surface area contributed by atoms with Gasteiger partial charge in [0.2, 0.25) is 0 Å². The van der Waals surface area contributed by atoms with Gasteiger partial charge in [-0.3, -0.25) is 0 Å². The molecule has 0 N–H and O–H groups in total. The van der Waals surface area contributed by atoms with Crippen LogP contribution in [0.1, 0.15) is 153 Å². The van der Waals surface area contributed by atoms with Crippen molar-refractivity contribution in [3.05, 3.63) is 58.7 Å². The molecule has 0 heterocycles. The fourth-order valence-electron chi connectivity index (χ4n) is 7.13. The number of rotatable bonds is 27. The highest BCUT2D eigenvalue weighted by atomic mass is 33.1. The third-order valence-electron chi connectivity index (χ3n) is 9.79. The van der Waals surface area contributed by atoms with E-state index in [1.54, 1.807) is 0 Å². The Balaban J connectivity index is 2.13. The number of hydrogen-bond donors (Lipinski definition) is 0. The van der Waals surface area contributed by atoms with E-state index in [0.29, 0.717) is 0 Å². The first-order valence-electron chi connectivity index (χ1n) is 19.4. The lowest BCUT2D eigenvalue weighted by molar-refractivity contribution is -0.923. The lowest BCUT2D eigenvalue weighted by Crippen LogP contribution is -2.44. The molecule has 0 aliphatic rings. The topological polar surface area (TPSA) is 0 Å². The third kappa shape index (κ3) is 17.5. The molecule has 0 bridgehead atoms. The number of benzene rings is 2. The first kappa shape index (κ1) is 41.2. The van der Waals surface area contributed by atoms with E-state index < -0.39 is 0 Å². The molecule has 4 heteroatoms. The molecule has 2 nitrogen and oxygen atoms in total. The molecule has 262 valence electrons. The molecule has 0 unspecified atom stereocenters. The predicted octanol–water partition coefficient (Wildman–Crippen LogP) is 13.3. The average Bonchev–Trinajstić information content (AvgIpc) is 3.00. The van der Waals surface area contributed by atoms with Crippen LogP contribution in [0.4, 0.5) is 0 Å². The summed E-state index contributed by atoms with van der Waals surface area (Å²) in [7, 11) is 8.96. The molecule has 0 aliphatic heterocycles. The van der Waals surface area contributed by atoms with Crippen LogP contribution in [0.25, 0.3) is 0 Å². The average molecular weight is 671 g/mol. The van der Waals surface area contributed by atoms with Crippen molar-refractivity contribution in [2.24, 2.45) is 0 Å². The normalized spacial score (nSPS) is 12.3. The van der Waals surface area contributed by atoms with Gasteiger partial charge in [-0.15, -0.1) is 0 Å². The molecule has 0 amide bonds. The molecule has 2 aromatic rings. The first-order chi connectivity index (χ1) is 22.1. The molecule has 0 spiro atoms. The summed E-state index contributed by atoms with van der Waals surface area (Å²) in [6, 6.07) is 14.7. The van der Waals surface area contributed by atoms with Crippen molar-refractivity contribution in [3.8, 4) is 0 Å². The zero-order chi connectivity index (χ0) is 33.7. The quantitative estimate of drug-likeness (QED) is 0.0527. The van der Waals surface area contributed by atoms with Crippen LogP contribution in [-0.4, -0.2) is 49.2 Å². The summed E-state index contributed by atoms with van der Waals surface area (Å²) in [5.41, 5.74) is 5.82. The molecule has 0 radical (unpaired) electrons. The fourth-order valence-corrected chi connectivity index (χ4v) is 9.34. The smallest absolute Gasteiger partial charge is 0.104 e. The molecular formula is C42H74N2S2+2. The van der Waals surface area contributed by atoms with Gasteiger partial charge in [0, 0.05) is 20.9 Å². The summed E-state index contributed by atoms with van der Waals surface area (Å²) >= 11 is 0. The van der Waals surface area contributed by atoms with Crippen molar-refractivity contribution in [2.45, 2.75) is 167 Å². The second kappa shape index (κ2) is 23.4. The van der Waals surface area contributed by atoms with Crippen LogP contribution in [0.5, 0.6) is 0 Å². The van der Waals surface area contributed by atoms with Gasteiger partial charge in [-0.2, -0.15) is 0 Å². The van der Waals surface area contributed by atoms with Gasteiger partial charge >= 0.3 is 0 Å². The van der Waals surface area contributed by atoms with Crippen LogP contribution in [0.2, 0.25) is 0 Å². The summed E-state index contributed by atoms with van der Waals surface area (Å²) in [5.74, 6) is 0. The molecular weight excluding hydrogens is 597 g/mol. The van der Waals surface area contributed by atoms with E-state index in [1.807, 2.05) is 21.6 Å². The van der Waals surface area contributed by atoms with E-state index in [4.69, 9.17) is 0 Å². The maximum absolute atomic E-state index is 2.52. The van der Waals surface area contributed by atoms with Gasteiger partial charge in [-0.25, -0.2) is 0 Å². The van der Waals surface area contributed by atoms with Gasteiger partial charge in [0.05, 0.1) is 40.3 Å². The van der Waals surface area contributed by atoms with Crippen LogP contribution >= 0.6 is 21.6 Å². The molecule has 2 rings (SSSR count). The van der Waals surface area contributed by atoms with Crippen LogP contribution < -0.4 is 0 Å². The maximum Gasteiger partial charge on any atom is 0.104 e. The molecule has 0 fully saturated rings. The van der Waals surface area contributed by atoms with E-state index in [1.165, 1.54) is 170 Å². The minimum absolute atomic E-state index is 1.15. The van der Waals surface area contributed by atoms with Crippen LogP contribution in [0, 0.1) is 13.8 Å². The predicted molar refractivity (Wildman–Crippen MR) is 210 cm³/mol. The summed E-state index contributed by atoms with van der Waals surface area (Å²) in [6.45, 7) is 21.4. The van der Waals surface area contributed by atoms with Crippen molar-refractivity contribution in [3.63, 3.8) is 0 Å². The Morgan fingerprint density at radius 1 is 0.413 bits per heavy atom. The van der Waals surface area contributed by atoms with E-state index in [-0.39, 0.29) is 0 Å². The summed E-state index contributed by atoms with van der Waals surface area (Å²) < 4.78 is 2.37. The van der Waals surface area contributed by atoms with Crippen LogP contribution in [0.15, 0.2) is 46.2 Å². The molecule has 0 saturated carbocycles. The third-order valence-corrected chi connectivity index (χ3v) is 12.1. The number of aryl methyl sites for hydroxylation is 2. The van der Waals surface area contributed by atoms with Gasteiger partial charge in [0.25, 0.3) is 0 Å². The van der Waals surface area contributed by atoms with Gasteiger partial charge in [-0.1, -0.05) is 113 Å². The Kier molecular flexibility index (Phi) is 21.0. The van der Waals surface area contributed by atoms with Gasteiger partial charge < -0.3 is 8.97 Å². The fraction of sp³-hybridized carbons (Fsp3) is 0.714. The minimum atomic E-state index is 1.15. The summed E-state index contributed by atoms with van der Waals surface area (Å²) in [5, 5.41) is 0. The Morgan fingerprint density at radius 3 is 1.00 bits per heavy atom. The van der Waals surface area contributed by atoms with E-state index in [9.17, 15) is 0 Å². The number of unbranched alkanes of at least 4 members (excludes halogenated alkanes) is 12. The van der Waals surface area contributed by atoms with E-state index >= 15 is 0 Å². The SMILES string of the molecule is CCCCCC[N+](C)(CCCCCC)Cc1cc(C)cc(SSc2cc(C)cc(C[N+](C)(CCCCCC)CCCCCC)c2)c1. The zero-order valence-electron chi connectivity index (χ0n) is 31.7. The Hall–Kier alpha value is -0.940. The van der Waals surface area contributed by atoms with Crippen molar-refractivity contribution in [1.29, 1.82) is 0 Å². The highest BCUT2D eigenvalue weighted by Crippen LogP contribution is 2.39. The standard InChI is InChI=1S/C42H74N2S2/c1-9-13-17-21-25-43(7,26-22-18-14-10-2)35-39-29-37(5)31-41(33-39)45-46-42-32-38(6)30-40(34-42)36-44(8,27-23-19-15-11-3)28-24-20-16-12-4/h29-34H,9-28,35-36H2,1-8H3/q+2. The second-order valence-corrected chi connectivity index (χ2v) is 17.4. The van der Waals surface area contributed by atoms with Crippen molar-refractivity contribution in [1.82, 2.24) is 0 Å². The van der Waals surface area contributed by atoms with Crippen LogP contribution in [-0.2, 0) is 13.1 Å². The van der Waals surface area contributed by atoms with E-state index in [2.05, 4.69) is 92.0 Å². The zero-order valence-corrected chi connectivity index (χ0v) is 33.4. The molecule has 46 heavy (non-hydrogen) atoms. The van der Waals surface area contributed by atoms with Gasteiger partial charge in [-0.05, 0) is 101 Å². The lowest BCUT2D eigenvalue weighted by atomic mass is 10.1. The van der Waals surface area contributed by atoms with Gasteiger partial charge in [0.15, 0.2) is 0 Å². The number of quaternary nitrogens is 2. The van der Waals surface area contributed by atoms with Crippen molar-refractivity contribution >= 4 is 21.6 Å². The Morgan fingerprint density at radius 2 is 0.717 bits per heavy atom. The Bertz CT molecular complexity index is 972. The maximum atomic E-state index is 2.52. The van der Waals surface area contributed by atoms with Crippen LogP contribution in [0.3, 0.4) is 0 Å². The van der Waals surface area contributed by atoms with Crippen molar-refractivity contribution < 1.29 is 8.97 Å². The first-order valence-corrected chi connectivity index (χ1v) is 21.5. The lowest BCUT2D eigenvalue weighted by Gasteiger charge is -2.35. The summed E-state index contributed by atoms with van der Waals surface area (Å²) in [4.78, 5) is 2.80. The molecule has 0 saturated heterocycles. The number of nitrogens with zero attached hydrogens (tertiary/aromatic N) is 2. The molecule has 0 aromatic heterocycles. The Labute approximate surface area is 295 Å². The molecule has 2 aromatic carbocycles. The molecule has 0 atom stereocenters. The minimum Gasteiger partial charge on any atom is -0.322 e. The largest absolute Gasteiger partial charge is 0.322 e. The molecule has 0 aliphatic carbocycles.